The second kappa shape index (κ2) is 3.21. The molecule has 3 heterocycles. The van der Waals surface area contributed by atoms with Crippen LogP contribution in [0.1, 0.15) is 20.8 Å². The van der Waals surface area contributed by atoms with E-state index in [1.54, 1.807) is 0 Å². The van der Waals surface area contributed by atoms with Crippen LogP contribution in [0.3, 0.4) is 0 Å². The summed E-state index contributed by atoms with van der Waals surface area (Å²) in [7, 11) is 0. The number of nitrogens with zero attached hydrogens (tertiary/aromatic N) is 1. The van der Waals surface area contributed by atoms with Gasteiger partial charge in [-0.2, -0.15) is 0 Å². The molecule has 3 rings (SSSR count). The van der Waals surface area contributed by atoms with Gasteiger partial charge in [-0.25, -0.2) is 0 Å². The first-order valence-corrected chi connectivity index (χ1v) is 5.46. The first kappa shape index (κ1) is 10.1. The highest BCUT2D eigenvalue weighted by atomic mass is 16.7. The van der Waals surface area contributed by atoms with Crippen molar-refractivity contribution in [2.24, 2.45) is 5.16 Å². The van der Waals surface area contributed by atoms with Crippen molar-refractivity contribution in [2.75, 3.05) is 6.61 Å². The van der Waals surface area contributed by atoms with Crippen LogP contribution in [0.5, 0.6) is 0 Å². The lowest BCUT2D eigenvalue weighted by molar-refractivity contribution is -0.131. The third-order valence-electron chi connectivity index (χ3n) is 2.92. The predicted molar refractivity (Wildman–Crippen MR) is 55.8 cm³/mol. The summed E-state index contributed by atoms with van der Waals surface area (Å²) >= 11 is 0. The Bertz CT molecular complexity index is 374. The molecule has 0 aliphatic carbocycles. The van der Waals surface area contributed by atoms with Gasteiger partial charge in [-0.3, -0.25) is 0 Å². The van der Waals surface area contributed by atoms with Gasteiger partial charge in [0.2, 0.25) is 0 Å². The molecule has 0 aromatic carbocycles. The summed E-state index contributed by atoms with van der Waals surface area (Å²) in [6, 6.07) is 0. The summed E-state index contributed by atoms with van der Waals surface area (Å²) in [5, 5.41) is 4.04. The molecule has 3 aliphatic rings. The van der Waals surface area contributed by atoms with Gasteiger partial charge in [-0.1, -0.05) is 5.16 Å². The summed E-state index contributed by atoms with van der Waals surface area (Å²) < 4.78 is 16.9. The first-order chi connectivity index (χ1) is 7.55. The van der Waals surface area contributed by atoms with Crippen molar-refractivity contribution in [1.82, 2.24) is 0 Å². The van der Waals surface area contributed by atoms with E-state index in [-0.39, 0.29) is 18.3 Å². The van der Waals surface area contributed by atoms with Gasteiger partial charge in [0.05, 0.1) is 12.4 Å². The molecular weight excluding hydrogens is 210 g/mol. The van der Waals surface area contributed by atoms with Crippen molar-refractivity contribution in [3.8, 4) is 0 Å². The van der Waals surface area contributed by atoms with Crippen LogP contribution in [0.25, 0.3) is 0 Å². The molecule has 5 heteroatoms. The highest BCUT2D eigenvalue weighted by Crippen LogP contribution is 2.32. The minimum Gasteiger partial charge on any atom is -0.485 e. The Morgan fingerprint density at radius 2 is 2.25 bits per heavy atom. The summed E-state index contributed by atoms with van der Waals surface area (Å²) in [5.41, 5.74) is 0.795. The predicted octanol–water partition coefficient (Wildman–Crippen LogP) is 1.20. The molecule has 3 aliphatic heterocycles. The largest absolute Gasteiger partial charge is 0.485 e. The number of hydrogen-bond acceptors (Lipinski definition) is 5. The molecule has 1 fully saturated rings. The monoisotopic (exact) mass is 225 g/mol. The molecule has 0 bridgehead atoms. The van der Waals surface area contributed by atoms with Gasteiger partial charge >= 0.3 is 0 Å². The number of ether oxygens (including phenoxy) is 3. The molecule has 16 heavy (non-hydrogen) atoms. The van der Waals surface area contributed by atoms with Crippen molar-refractivity contribution in [2.45, 2.75) is 44.9 Å². The van der Waals surface area contributed by atoms with E-state index in [4.69, 9.17) is 19.0 Å². The fourth-order valence-electron chi connectivity index (χ4n) is 2.19. The van der Waals surface area contributed by atoms with Crippen LogP contribution >= 0.6 is 0 Å². The molecule has 3 atom stereocenters. The van der Waals surface area contributed by atoms with Crippen molar-refractivity contribution in [1.29, 1.82) is 0 Å². The zero-order valence-corrected chi connectivity index (χ0v) is 9.60. The minimum atomic E-state index is -0.549. The molecule has 0 aromatic heterocycles. The molecule has 0 saturated carbocycles. The molecule has 0 amide bonds. The molecule has 88 valence electrons. The summed E-state index contributed by atoms with van der Waals surface area (Å²) in [5.74, 6) is 0.326. The lowest BCUT2D eigenvalue weighted by Crippen LogP contribution is -2.36. The Labute approximate surface area is 94.0 Å². The summed E-state index contributed by atoms with van der Waals surface area (Å²) in [4.78, 5) is 5.29. The fourth-order valence-corrected chi connectivity index (χ4v) is 2.19. The van der Waals surface area contributed by atoms with Gasteiger partial charge in [0.25, 0.3) is 0 Å². The minimum absolute atomic E-state index is 0.0951. The molecular formula is C11H15NO4. The molecule has 0 spiro atoms. The lowest BCUT2D eigenvalue weighted by Gasteiger charge is -2.18. The van der Waals surface area contributed by atoms with Gasteiger partial charge in [0.15, 0.2) is 18.0 Å². The molecule has 0 radical (unpaired) electrons. The maximum atomic E-state index is 5.74. The van der Waals surface area contributed by atoms with E-state index in [0.29, 0.717) is 6.61 Å². The zero-order valence-electron chi connectivity index (χ0n) is 9.60. The third-order valence-corrected chi connectivity index (χ3v) is 2.92. The molecule has 1 saturated heterocycles. The van der Waals surface area contributed by atoms with Gasteiger partial charge < -0.3 is 19.0 Å². The number of allylic oxidation sites excluding steroid dienone is 1. The Morgan fingerprint density at radius 3 is 2.94 bits per heavy atom. The van der Waals surface area contributed by atoms with Gasteiger partial charge in [0.1, 0.15) is 11.8 Å². The Hall–Kier alpha value is -1.07. The van der Waals surface area contributed by atoms with Crippen LogP contribution in [0.4, 0.5) is 0 Å². The molecule has 0 N–H and O–H groups in total. The summed E-state index contributed by atoms with van der Waals surface area (Å²) in [6.07, 6.45) is 1.54. The smallest absolute Gasteiger partial charge is 0.191 e. The highest BCUT2D eigenvalue weighted by molar-refractivity contribution is 5.95. The zero-order chi connectivity index (χ0) is 11.3. The van der Waals surface area contributed by atoms with Crippen molar-refractivity contribution in [3.63, 3.8) is 0 Å². The van der Waals surface area contributed by atoms with Crippen LogP contribution in [0.15, 0.2) is 17.0 Å². The summed E-state index contributed by atoms with van der Waals surface area (Å²) in [6.45, 7) is 6.19. The average molecular weight is 225 g/mol. The SMILES string of the molecule is CC1=C[C@@H]2ON=C([C@H]3COC(C)(C)O3)[C@@H]2O1. The maximum absolute atomic E-state index is 5.74. The van der Waals surface area contributed by atoms with Crippen LogP contribution < -0.4 is 0 Å². The van der Waals surface area contributed by atoms with Crippen LogP contribution in [0, 0.1) is 0 Å². The molecule has 5 nitrogen and oxygen atoms in total. The van der Waals surface area contributed by atoms with Crippen LogP contribution in [0.2, 0.25) is 0 Å². The van der Waals surface area contributed by atoms with E-state index in [1.807, 2.05) is 26.8 Å². The number of fused-ring (bicyclic) bond motifs is 1. The Morgan fingerprint density at radius 1 is 1.44 bits per heavy atom. The maximum Gasteiger partial charge on any atom is 0.191 e. The van der Waals surface area contributed by atoms with Gasteiger partial charge in [-0.15, -0.1) is 0 Å². The van der Waals surface area contributed by atoms with E-state index in [1.165, 1.54) is 0 Å². The van der Waals surface area contributed by atoms with E-state index >= 15 is 0 Å². The standard InChI is InChI=1S/C11H15NO4/c1-6-4-7-10(14-6)9(12-16-7)8-5-13-11(2,3)15-8/h4,7-8,10H,5H2,1-3H3/t7-,8+,10+/m0/s1. The number of oxime groups is 1. The Kier molecular flexibility index (Phi) is 2.03. The van der Waals surface area contributed by atoms with Gasteiger partial charge in [0, 0.05) is 6.08 Å². The van der Waals surface area contributed by atoms with E-state index in [9.17, 15) is 0 Å². The van der Waals surface area contributed by atoms with Crippen LogP contribution in [-0.4, -0.2) is 36.4 Å². The number of hydrogen-bond donors (Lipinski definition) is 0. The van der Waals surface area contributed by atoms with E-state index < -0.39 is 5.79 Å². The average Bonchev–Trinajstić information content (AvgIpc) is 2.79. The lowest BCUT2D eigenvalue weighted by atomic mass is 10.1. The fraction of sp³-hybridized carbons (Fsp3) is 0.727. The van der Waals surface area contributed by atoms with Gasteiger partial charge in [-0.05, 0) is 20.8 Å². The highest BCUT2D eigenvalue weighted by Gasteiger charge is 2.47. The van der Waals surface area contributed by atoms with E-state index in [0.717, 1.165) is 11.5 Å². The molecule has 0 unspecified atom stereocenters. The van der Waals surface area contributed by atoms with E-state index in [2.05, 4.69) is 5.16 Å². The Balaban J connectivity index is 1.74. The third kappa shape index (κ3) is 1.51. The quantitative estimate of drug-likeness (QED) is 0.672. The first-order valence-electron chi connectivity index (χ1n) is 5.46. The molecule has 0 aromatic rings. The normalized spacial score (nSPS) is 39.8. The van der Waals surface area contributed by atoms with Crippen LogP contribution in [-0.2, 0) is 19.0 Å². The van der Waals surface area contributed by atoms with Crippen molar-refractivity contribution in [3.05, 3.63) is 11.8 Å². The van der Waals surface area contributed by atoms with Crippen molar-refractivity contribution < 1.29 is 19.0 Å². The van der Waals surface area contributed by atoms with Crippen molar-refractivity contribution >= 4 is 5.71 Å². The second-order valence-corrected chi connectivity index (χ2v) is 4.72. The number of rotatable bonds is 1. The second-order valence-electron chi connectivity index (χ2n) is 4.72. The topological polar surface area (TPSA) is 49.3 Å².